The fraction of sp³-hybridized carbons (Fsp3) is 0.0625. The van der Waals surface area contributed by atoms with Gasteiger partial charge in [-0.15, -0.1) is 0 Å². The monoisotopic (exact) mass is 382 g/mol. The number of aromatic nitrogens is 2. The predicted molar refractivity (Wildman–Crippen MR) is 82.4 cm³/mol. The molecule has 0 saturated carbocycles. The Morgan fingerprint density at radius 3 is 2.78 bits per heavy atom. The van der Waals surface area contributed by atoms with Crippen molar-refractivity contribution in [2.24, 2.45) is 0 Å². The summed E-state index contributed by atoms with van der Waals surface area (Å²) in [5.74, 6) is 0.412. The van der Waals surface area contributed by atoms with Crippen molar-refractivity contribution in [1.29, 1.82) is 0 Å². The second-order valence-electron chi connectivity index (χ2n) is 4.73. The van der Waals surface area contributed by atoms with Gasteiger partial charge in [0.2, 0.25) is 0 Å². The first-order valence-electron chi connectivity index (χ1n) is 6.57. The van der Waals surface area contributed by atoms with E-state index in [1.165, 1.54) is 18.2 Å². The molecule has 1 N–H and O–H groups in total. The Morgan fingerprint density at radius 2 is 2.09 bits per heavy atom. The molecule has 0 aliphatic carbocycles. The molecule has 0 aliphatic rings. The molecule has 0 aliphatic heterocycles. The molecular formula is C16H11N3O3Y-2. The van der Waals surface area contributed by atoms with Crippen molar-refractivity contribution in [3.63, 3.8) is 0 Å². The number of fused-ring (bicyclic) bond motifs is 1. The number of non-ortho nitro benzene ring substituents is 1. The van der Waals surface area contributed by atoms with Gasteiger partial charge in [-0.3, -0.25) is 14.9 Å². The van der Waals surface area contributed by atoms with Gasteiger partial charge in [-0.05, 0) is 6.07 Å². The number of nitrogens with zero attached hydrogens (tertiary/aromatic N) is 2. The molecule has 0 bridgehead atoms. The number of nitro groups is 1. The fourth-order valence-electron chi connectivity index (χ4n) is 2.18. The zero-order valence-corrected chi connectivity index (χ0v) is 14.9. The van der Waals surface area contributed by atoms with Crippen molar-refractivity contribution in [3.8, 4) is 11.4 Å². The van der Waals surface area contributed by atoms with E-state index >= 15 is 0 Å². The Bertz CT molecular complexity index is 937. The van der Waals surface area contributed by atoms with Crippen molar-refractivity contribution >= 4 is 16.6 Å². The van der Waals surface area contributed by atoms with Gasteiger partial charge in [0.25, 0.3) is 11.2 Å². The van der Waals surface area contributed by atoms with Crippen LogP contribution in [0.25, 0.3) is 22.3 Å². The predicted octanol–water partition coefficient (Wildman–Crippen LogP) is 2.67. The Kier molecular flexibility index (Phi) is 5.39. The summed E-state index contributed by atoms with van der Waals surface area (Å²) in [5.41, 5.74) is 1.51. The molecule has 3 rings (SSSR count). The SMILES string of the molecule is [CH2-]Cc1[c-]ccc(-c2nc3ccc([N+](=O)[O-])cc3c(=O)[nH]2)c1.[Y]. The molecular weight excluding hydrogens is 371 g/mol. The van der Waals surface area contributed by atoms with Crippen LogP contribution in [0.4, 0.5) is 5.69 Å². The summed E-state index contributed by atoms with van der Waals surface area (Å²) in [4.78, 5) is 29.4. The van der Waals surface area contributed by atoms with Crippen LogP contribution in [0.3, 0.4) is 0 Å². The van der Waals surface area contributed by atoms with Crippen molar-refractivity contribution in [2.75, 3.05) is 0 Å². The third-order valence-corrected chi connectivity index (χ3v) is 3.30. The second-order valence-corrected chi connectivity index (χ2v) is 4.73. The largest absolute Gasteiger partial charge is 0.341 e. The van der Waals surface area contributed by atoms with Crippen LogP contribution in [0.2, 0.25) is 0 Å². The first kappa shape index (κ1) is 17.4. The third kappa shape index (κ3) is 3.54. The van der Waals surface area contributed by atoms with E-state index in [0.29, 0.717) is 17.8 Å². The zero-order valence-electron chi connectivity index (χ0n) is 12.1. The van der Waals surface area contributed by atoms with E-state index in [4.69, 9.17) is 0 Å². The average Bonchev–Trinajstić information content (AvgIpc) is 2.54. The minimum Gasteiger partial charge on any atom is -0.341 e. The van der Waals surface area contributed by atoms with Gasteiger partial charge in [0.05, 0.1) is 15.8 Å². The molecule has 0 unspecified atom stereocenters. The van der Waals surface area contributed by atoms with Gasteiger partial charge in [-0.25, -0.2) is 4.98 Å². The van der Waals surface area contributed by atoms with Gasteiger partial charge >= 0.3 is 0 Å². The Balaban J connectivity index is 0.00000192. The minimum absolute atomic E-state index is 0. The molecule has 23 heavy (non-hydrogen) atoms. The number of rotatable bonds is 3. The van der Waals surface area contributed by atoms with Gasteiger partial charge in [-0.2, -0.15) is 36.2 Å². The quantitative estimate of drug-likeness (QED) is 0.429. The average molecular weight is 382 g/mol. The van der Waals surface area contributed by atoms with E-state index in [9.17, 15) is 14.9 Å². The smallest absolute Gasteiger partial charge is 0.270 e. The molecule has 7 heteroatoms. The molecule has 2 aromatic carbocycles. The number of benzene rings is 2. The molecule has 1 radical (unpaired) electrons. The Labute approximate surface area is 157 Å². The summed E-state index contributed by atoms with van der Waals surface area (Å²) in [6.45, 7) is 3.80. The Hall–Kier alpha value is -1.92. The summed E-state index contributed by atoms with van der Waals surface area (Å²) >= 11 is 0. The van der Waals surface area contributed by atoms with E-state index in [-0.39, 0.29) is 43.8 Å². The van der Waals surface area contributed by atoms with Crippen LogP contribution in [0.1, 0.15) is 5.56 Å². The standard InChI is InChI=1S/C16H11N3O3.Y/c1-2-10-4-3-5-11(8-10)15-17-14-7-6-12(19(21)22)9-13(14)16(20)18-15;/h3,5-9H,1-2H2,(H,17,18,20);/q-2;. The van der Waals surface area contributed by atoms with E-state index in [0.717, 1.165) is 11.1 Å². The van der Waals surface area contributed by atoms with E-state index in [1.54, 1.807) is 12.1 Å². The maximum Gasteiger partial charge on any atom is 0.270 e. The number of H-pyrrole nitrogens is 1. The van der Waals surface area contributed by atoms with Crippen LogP contribution >= 0.6 is 0 Å². The van der Waals surface area contributed by atoms with Gasteiger partial charge in [-0.1, -0.05) is 5.56 Å². The van der Waals surface area contributed by atoms with Crippen LogP contribution in [-0.4, -0.2) is 14.9 Å². The number of hydrogen-bond donors (Lipinski definition) is 1. The molecule has 1 heterocycles. The molecule has 0 amide bonds. The van der Waals surface area contributed by atoms with Gasteiger partial charge in [0.1, 0.15) is 5.82 Å². The topological polar surface area (TPSA) is 88.9 Å². The summed E-state index contributed by atoms with van der Waals surface area (Å²) < 4.78 is 0. The molecule has 0 spiro atoms. The van der Waals surface area contributed by atoms with Crippen LogP contribution in [0, 0.1) is 23.1 Å². The Morgan fingerprint density at radius 1 is 1.30 bits per heavy atom. The summed E-state index contributed by atoms with van der Waals surface area (Å²) in [6.07, 6.45) is 0.581. The second kappa shape index (κ2) is 7.11. The molecule has 0 atom stereocenters. The number of nitro benzene ring substituents is 1. The van der Waals surface area contributed by atoms with Crippen LogP contribution in [-0.2, 0) is 39.1 Å². The number of nitrogens with one attached hydrogen (secondary N) is 1. The van der Waals surface area contributed by atoms with Crippen LogP contribution in [0.5, 0.6) is 0 Å². The maximum absolute atomic E-state index is 12.2. The summed E-state index contributed by atoms with van der Waals surface area (Å²) in [5, 5.41) is 11.0. The summed E-state index contributed by atoms with van der Waals surface area (Å²) in [7, 11) is 0. The zero-order chi connectivity index (χ0) is 15.7. The van der Waals surface area contributed by atoms with E-state index in [2.05, 4.69) is 23.0 Å². The molecule has 1 aromatic heterocycles. The third-order valence-electron chi connectivity index (χ3n) is 3.30. The van der Waals surface area contributed by atoms with E-state index < -0.39 is 10.5 Å². The number of hydrogen-bond acceptors (Lipinski definition) is 4. The minimum atomic E-state index is -0.541. The van der Waals surface area contributed by atoms with Gasteiger partial charge < -0.3 is 11.9 Å². The first-order chi connectivity index (χ1) is 10.6. The molecule has 0 fully saturated rings. The van der Waals surface area contributed by atoms with Gasteiger partial charge in [0, 0.05) is 44.8 Å². The molecule has 0 saturated heterocycles. The molecule has 3 aromatic rings. The van der Waals surface area contributed by atoms with E-state index in [1.807, 2.05) is 6.07 Å². The van der Waals surface area contributed by atoms with Crippen molar-refractivity contribution in [2.45, 2.75) is 6.42 Å². The van der Waals surface area contributed by atoms with Crippen molar-refractivity contribution in [3.05, 3.63) is 75.4 Å². The molecule has 113 valence electrons. The van der Waals surface area contributed by atoms with Crippen molar-refractivity contribution in [1.82, 2.24) is 9.97 Å². The van der Waals surface area contributed by atoms with Crippen LogP contribution < -0.4 is 5.56 Å². The molecule has 6 nitrogen and oxygen atoms in total. The number of aromatic amines is 1. The summed E-state index contributed by atoms with van der Waals surface area (Å²) in [6, 6.07) is 12.5. The van der Waals surface area contributed by atoms with Crippen molar-refractivity contribution < 1.29 is 37.6 Å². The normalized spacial score (nSPS) is 10.3. The fourth-order valence-corrected chi connectivity index (χ4v) is 2.18. The first-order valence-corrected chi connectivity index (χ1v) is 6.57. The van der Waals surface area contributed by atoms with Gasteiger partial charge in [0.15, 0.2) is 0 Å². The van der Waals surface area contributed by atoms with Crippen LogP contribution in [0.15, 0.2) is 41.2 Å². The maximum atomic E-state index is 12.2.